The maximum Gasteiger partial charge on any atom is 0.373 e. The van der Waals surface area contributed by atoms with Crippen LogP contribution in [0.5, 0.6) is 0 Å². The van der Waals surface area contributed by atoms with Gasteiger partial charge in [-0.1, -0.05) is 0 Å². The van der Waals surface area contributed by atoms with Crippen molar-refractivity contribution in [3.63, 3.8) is 0 Å². The Morgan fingerprint density at radius 2 is 1.36 bits per heavy atom. The van der Waals surface area contributed by atoms with Crippen LogP contribution in [0.15, 0.2) is 55.0 Å². The molecule has 0 aromatic carbocycles. The van der Waals surface area contributed by atoms with Crippen LogP contribution in [0.1, 0.15) is 5.69 Å². The van der Waals surface area contributed by atoms with Crippen molar-refractivity contribution < 1.29 is 19.2 Å². The average molecular weight is 338 g/mol. The van der Waals surface area contributed by atoms with Crippen molar-refractivity contribution in [2.45, 2.75) is 6.92 Å². The first-order valence-electron chi connectivity index (χ1n) is 6.93. The lowest BCUT2D eigenvalue weighted by atomic mass is 10.3. The maximum atomic E-state index is 8.12. The van der Waals surface area contributed by atoms with E-state index in [0.29, 0.717) is 0 Å². The highest BCUT2D eigenvalue weighted by Crippen LogP contribution is 2.08. The zero-order chi connectivity index (χ0) is 18.5. The van der Waals surface area contributed by atoms with Gasteiger partial charge in [0.15, 0.2) is 0 Å². The molecule has 0 spiro atoms. The number of pyridine rings is 2. The molecule has 0 radical (unpaired) electrons. The van der Waals surface area contributed by atoms with Crippen LogP contribution in [0.25, 0.3) is 22.1 Å². The number of aromatic nitrogens is 4. The molecule has 0 aliphatic carbocycles. The summed E-state index contributed by atoms with van der Waals surface area (Å²) < 4.78 is 0. The number of H-pyrrole nitrogens is 2. The number of rotatable bonds is 0. The smallest absolute Gasteiger partial charge is 0.346 e. The van der Waals surface area contributed by atoms with E-state index in [1.807, 2.05) is 49.6 Å². The van der Waals surface area contributed by atoms with Gasteiger partial charge in [0.2, 0.25) is 0 Å². The molecule has 0 atom stereocenters. The average Bonchev–Trinajstić information content (AvgIpc) is 3.25. The SMILES string of the molecule is Cc1ccc2cc[nH]c2n1.O=C=O.O=C=O.c1cnc2[nH]ccc2c1. The van der Waals surface area contributed by atoms with Gasteiger partial charge in [0.05, 0.1) is 0 Å². The zero-order valence-electron chi connectivity index (χ0n) is 13.2. The highest BCUT2D eigenvalue weighted by Gasteiger charge is 1.92. The predicted octanol–water partition coefficient (Wildman–Crippen LogP) is 2.27. The molecule has 4 aromatic rings. The molecule has 4 aromatic heterocycles. The van der Waals surface area contributed by atoms with Gasteiger partial charge in [-0.3, -0.25) is 0 Å². The van der Waals surface area contributed by atoms with Crippen molar-refractivity contribution in [3.8, 4) is 0 Å². The Kier molecular flexibility index (Phi) is 8.29. The molecule has 4 rings (SSSR count). The maximum absolute atomic E-state index is 8.12. The molecule has 0 saturated carbocycles. The summed E-state index contributed by atoms with van der Waals surface area (Å²) in [6.07, 6.45) is 6.06. The van der Waals surface area contributed by atoms with E-state index in [4.69, 9.17) is 19.2 Å². The molecule has 0 aliphatic rings. The summed E-state index contributed by atoms with van der Waals surface area (Å²) in [5.74, 6) is 0. The minimum absolute atomic E-state index is 0.250. The van der Waals surface area contributed by atoms with Crippen molar-refractivity contribution in [2.24, 2.45) is 0 Å². The number of hydrogen-bond donors (Lipinski definition) is 2. The molecule has 0 unspecified atom stereocenters. The lowest BCUT2D eigenvalue weighted by Gasteiger charge is -1.89. The second-order valence-electron chi connectivity index (χ2n) is 4.45. The number of aromatic amines is 2. The fourth-order valence-corrected chi connectivity index (χ4v) is 1.91. The largest absolute Gasteiger partial charge is 0.373 e. The minimum Gasteiger partial charge on any atom is -0.346 e. The topological polar surface area (TPSA) is 126 Å². The summed E-state index contributed by atoms with van der Waals surface area (Å²) in [4.78, 5) is 46.9. The van der Waals surface area contributed by atoms with E-state index >= 15 is 0 Å². The minimum atomic E-state index is 0.250. The molecule has 0 bridgehead atoms. The molecule has 8 nitrogen and oxygen atoms in total. The van der Waals surface area contributed by atoms with E-state index in [1.165, 1.54) is 5.39 Å². The summed E-state index contributed by atoms with van der Waals surface area (Å²) in [7, 11) is 0. The van der Waals surface area contributed by atoms with Gasteiger partial charge >= 0.3 is 12.3 Å². The summed E-state index contributed by atoms with van der Waals surface area (Å²) in [6.45, 7) is 1.99. The Bertz CT molecular complexity index is 936. The summed E-state index contributed by atoms with van der Waals surface area (Å²) in [5, 5.41) is 2.34. The number of aryl methyl sites for hydroxylation is 1. The zero-order valence-corrected chi connectivity index (χ0v) is 13.2. The van der Waals surface area contributed by atoms with E-state index in [0.717, 1.165) is 22.4 Å². The van der Waals surface area contributed by atoms with Crippen molar-refractivity contribution in [2.75, 3.05) is 0 Å². The number of carbonyl (C=O) groups excluding carboxylic acids is 4. The third kappa shape index (κ3) is 6.42. The third-order valence-corrected chi connectivity index (χ3v) is 2.87. The van der Waals surface area contributed by atoms with Gasteiger partial charge in [0.25, 0.3) is 0 Å². The molecule has 0 saturated heterocycles. The third-order valence-electron chi connectivity index (χ3n) is 2.87. The Morgan fingerprint density at radius 1 is 0.800 bits per heavy atom. The highest BCUT2D eigenvalue weighted by molar-refractivity contribution is 5.75. The molecule has 0 aliphatic heterocycles. The summed E-state index contributed by atoms with van der Waals surface area (Å²) in [5.41, 5.74) is 2.98. The van der Waals surface area contributed by atoms with Crippen molar-refractivity contribution in [1.29, 1.82) is 0 Å². The standard InChI is InChI=1S/C8H8N2.C7H6N2.2CO2/c1-6-2-3-7-4-5-9-8(7)10-6;1-2-6-3-5-9-7(6)8-4-1;2*2-1-3/h2-5H,1H3,(H,9,10);1-5H,(H,8,9);;. The van der Waals surface area contributed by atoms with E-state index in [2.05, 4.69) is 26.0 Å². The van der Waals surface area contributed by atoms with Gasteiger partial charge in [0, 0.05) is 35.1 Å². The van der Waals surface area contributed by atoms with Gasteiger partial charge in [0.1, 0.15) is 11.3 Å². The summed E-state index contributed by atoms with van der Waals surface area (Å²) in [6, 6.07) is 12.0. The fraction of sp³-hybridized carbons (Fsp3) is 0.0588. The molecule has 0 fully saturated rings. The van der Waals surface area contributed by atoms with Crippen LogP contribution in [0.3, 0.4) is 0 Å². The van der Waals surface area contributed by atoms with E-state index in [-0.39, 0.29) is 12.3 Å². The summed E-state index contributed by atoms with van der Waals surface area (Å²) >= 11 is 0. The highest BCUT2D eigenvalue weighted by atomic mass is 16.2. The normalized spacial score (nSPS) is 8.52. The fourth-order valence-electron chi connectivity index (χ4n) is 1.91. The molecular formula is C17H14N4O4. The van der Waals surface area contributed by atoms with Crippen LogP contribution in [-0.2, 0) is 19.2 Å². The van der Waals surface area contributed by atoms with Gasteiger partial charge in [-0.15, -0.1) is 0 Å². The van der Waals surface area contributed by atoms with Crippen LogP contribution in [0, 0.1) is 6.92 Å². The molecule has 8 heteroatoms. The quantitative estimate of drug-likeness (QED) is 0.506. The van der Waals surface area contributed by atoms with Crippen molar-refractivity contribution in [1.82, 2.24) is 19.9 Å². The van der Waals surface area contributed by atoms with E-state index in [9.17, 15) is 0 Å². The van der Waals surface area contributed by atoms with Crippen LogP contribution >= 0.6 is 0 Å². The molecular weight excluding hydrogens is 324 g/mol. The van der Waals surface area contributed by atoms with Crippen LogP contribution < -0.4 is 0 Å². The van der Waals surface area contributed by atoms with Crippen LogP contribution in [0.2, 0.25) is 0 Å². The Labute approximate surface area is 141 Å². The molecule has 25 heavy (non-hydrogen) atoms. The number of fused-ring (bicyclic) bond motifs is 2. The lowest BCUT2D eigenvalue weighted by Crippen LogP contribution is -1.79. The first-order valence-corrected chi connectivity index (χ1v) is 6.93. The van der Waals surface area contributed by atoms with E-state index in [1.54, 1.807) is 6.20 Å². The van der Waals surface area contributed by atoms with Gasteiger partial charge in [-0.05, 0) is 43.3 Å². The van der Waals surface area contributed by atoms with E-state index < -0.39 is 0 Å². The number of nitrogens with zero attached hydrogens (tertiary/aromatic N) is 2. The second-order valence-corrected chi connectivity index (χ2v) is 4.45. The van der Waals surface area contributed by atoms with Crippen LogP contribution in [-0.4, -0.2) is 32.2 Å². The van der Waals surface area contributed by atoms with Crippen molar-refractivity contribution >= 4 is 34.4 Å². The van der Waals surface area contributed by atoms with Gasteiger partial charge < -0.3 is 9.97 Å². The van der Waals surface area contributed by atoms with Gasteiger partial charge in [-0.25, -0.2) is 9.97 Å². The second kappa shape index (κ2) is 10.8. The predicted molar refractivity (Wildman–Crippen MR) is 86.9 cm³/mol. The Balaban J connectivity index is 0.000000193. The lowest BCUT2D eigenvalue weighted by molar-refractivity contribution is -0.193. The van der Waals surface area contributed by atoms with Gasteiger partial charge in [-0.2, -0.15) is 19.2 Å². The first-order chi connectivity index (χ1) is 12.2. The van der Waals surface area contributed by atoms with Crippen molar-refractivity contribution in [3.05, 3.63) is 60.7 Å². The Hall–Kier alpha value is -3.86. The molecule has 0 amide bonds. The molecule has 126 valence electrons. The first kappa shape index (κ1) is 19.2. The number of nitrogens with one attached hydrogen (secondary N) is 2. The molecule has 2 N–H and O–H groups in total. The Morgan fingerprint density at radius 3 is 1.96 bits per heavy atom. The molecule has 4 heterocycles. The number of hydrogen-bond acceptors (Lipinski definition) is 6. The van der Waals surface area contributed by atoms with Crippen LogP contribution in [0.4, 0.5) is 0 Å². The monoisotopic (exact) mass is 338 g/mol.